The van der Waals surface area contributed by atoms with E-state index in [0.29, 0.717) is 19.1 Å². The number of amides is 1. The van der Waals surface area contributed by atoms with E-state index in [1.54, 1.807) is 12.1 Å². The zero-order valence-electron chi connectivity index (χ0n) is 18.1. The van der Waals surface area contributed by atoms with Gasteiger partial charge in [0.05, 0.1) is 18.0 Å². The molecule has 0 radical (unpaired) electrons. The Hall–Kier alpha value is -2.33. The van der Waals surface area contributed by atoms with Crippen LogP contribution < -0.4 is 10.6 Å². The number of nitrogens with one attached hydrogen (secondary N) is 2. The van der Waals surface area contributed by atoms with Gasteiger partial charge in [0, 0.05) is 50.9 Å². The van der Waals surface area contributed by atoms with Crippen LogP contribution in [0, 0.1) is 10.1 Å². The maximum Gasteiger partial charge on any atom is 0.269 e. The largest absolute Gasteiger partial charge is 0.356 e. The van der Waals surface area contributed by atoms with E-state index in [1.807, 2.05) is 11.8 Å². The summed E-state index contributed by atoms with van der Waals surface area (Å²) in [6.45, 7) is 5.04. The Morgan fingerprint density at radius 3 is 2.55 bits per heavy atom. The van der Waals surface area contributed by atoms with Gasteiger partial charge < -0.3 is 15.5 Å². The van der Waals surface area contributed by atoms with Crippen molar-refractivity contribution in [2.45, 2.75) is 31.8 Å². The lowest BCUT2D eigenvalue weighted by Gasteiger charge is -2.36. The van der Waals surface area contributed by atoms with Crippen molar-refractivity contribution in [2.75, 3.05) is 51.3 Å². The fraction of sp³-hybridized carbons (Fsp3) is 0.619. The number of benzene rings is 1. The first-order valence-electron chi connectivity index (χ1n) is 10.8. The van der Waals surface area contributed by atoms with Gasteiger partial charge in [-0.15, -0.1) is 0 Å². The van der Waals surface area contributed by atoms with Gasteiger partial charge >= 0.3 is 0 Å². The smallest absolute Gasteiger partial charge is 0.269 e. The normalized spacial score (nSPS) is 17.5. The second kappa shape index (κ2) is 11.9. The average Bonchev–Trinajstić information content (AvgIpc) is 3.58. The number of rotatable bonds is 10. The Bertz CT molecular complexity index is 761. The molecule has 0 unspecified atom stereocenters. The van der Waals surface area contributed by atoms with Gasteiger partial charge in [0.2, 0.25) is 5.91 Å². The van der Waals surface area contributed by atoms with Crippen molar-refractivity contribution >= 4 is 29.3 Å². The first-order valence-corrected chi connectivity index (χ1v) is 12.2. The van der Waals surface area contributed by atoms with E-state index in [-0.39, 0.29) is 11.6 Å². The number of hydrogen-bond acceptors (Lipinski definition) is 6. The topological polar surface area (TPSA) is 103 Å². The average molecular weight is 449 g/mol. The zero-order valence-corrected chi connectivity index (χ0v) is 18.9. The standard InChI is InChI=1S/C21H32N6O3S/c1-31-14-2-9-22-21(23-15-17-3-7-19(8-4-17)27(29)30)26-12-10-25(11-13-26)16-20(28)24-18-5-6-18/h3-4,7-8,18H,2,5-6,9-16H2,1H3,(H,22,23)(H,24,28). The number of guanidine groups is 1. The molecule has 1 saturated carbocycles. The van der Waals surface area contributed by atoms with Crippen LogP contribution in [0.3, 0.4) is 0 Å². The van der Waals surface area contributed by atoms with Crippen molar-refractivity contribution < 1.29 is 9.72 Å². The van der Waals surface area contributed by atoms with Gasteiger partial charge in [-0.25, -0.2) is 4.99 Å². The lowest BCUT2D eigenvalue weighted by Crippen LogP contribution is -2.54. The van der Waals surface area contributed by atoms with E-state index < -0.39 is 4.92 Å². The fourth-order valence-electron chi connectivity index (χ4n) is 3.40. The van der Waals surface area contributed by atoms with E-state index in [0.717, 1.165) is 69.3 Å². The van der Waals surface area contributed by atoms with Crippen LogP contribution in [0.15, 0.2) is 29.3 Å². The molecule has 1 saturated heterocycles. The molecule has 2 N–H and O–H groups in total. The number of non-ortho nitro benzene ring substituents is 1. The predicted octanol–water partition coefficient (Wildman–Crippen LogP) is 1.69. The number of piperazine rings is 1. The molecule has 170 valence electrons. The number of nitrogens with zero attached hydrogens (tertiary/aromatic N) is 4. The molecule has 0 aromatic heterocycles. The Morgan fingerprint density at radius 2 is 1.94 bits per heavy atom. The summed E-state index contributed by atoms with van der Waals surface area (Å²) in [5.74, 6) is 2.08. The molecular weight excluding hydrogens is 416 g/mol. The second-order valence-corrected chi connectivity index (χ2v) is 8.93. The highest BCUT2D eigenvalue weighted by molar-refractivity contribution is 7.98. The monoisotopic (exact) mass is 448 g/mol. The van der Waals surface area contributed by atoms with Gasteiger partial charge in [-0.3, -0.25) is 19.8 Å². The molecular formula is C21H32N6O3S. The fourth-order valence-corrected chi connectivity index (χ4v) is 3.83. The third-order valence-corrected chi connectivity index (χ3v) is 6.05. The summed E-state index contributed by atoms with van der Waals surface area (Å²) in [7, 11) is 0. The number of nitro benzene ring substituents is 1. The summed E-state index contributed by atoms with van der Waals surface area (Å²) in [5.41, 5.74) is 1.02. The van der Waals surface area contributed by atoms with Crippen molar-refractivity contribution in [3.63, 3.8) is 0 Å². The van der Waals surface area contributed by atoms with Crippen LogP contribution >= 0.6 is 11.8 Å². The summed E-state index contributed by atoms with van der Waals surface area (Å²) in [5, 5.41) is 17.4. The number of thioether (sulfide) groups is 1. The van der Waals surface area contributed by atoms with Crippen LogP contribution in [-0.2, 0) is 11.3 Å². The highest BCUT2D eigenvalue weighted by atomic mass is 32.2. The first-order chi connectivity index (χ1) is 15.0. The quantitative estimate of drug-likeness (QED) is 0.185. The summed E-state index contributed by atoms with van der Waals surface area (Å²) in [6.07, 6.45) is 5.37. The van der Waals surface area contributed by atoms with Crippen molar-refractivity contribution in [1.82, 2.24) is 20.4 Å². The predicted molar refractivity (Wildman–Crippen MR) is 124 cm³/mol. The van der Waals surface area contributed by atoms with Crippen molar-refractivity contribution in [2.24, 2.45) is 4.99 Å². The van der Waals surface area contributed by atoms with E-state index >= 15 is 0 Å². The molecule has 31 heavy (non-hydrogen) atoms. The highest BCUT2D eigenvalue weighted by Gasteiger charge is 2.26. The molecule has 1 aromatic carbocycles. The summed E-state index contributed by atoms with van der Waals surface area (Å²) in [6, 6.07) is 6.94. The van der Waals surface area contributed by atoms with Gasteiger partial charge in [-0.05, 0) is 36.8 Å². The van der Waals surface area contributed by atoms with Gasteiger partial charge in [-0.2, -0.15) is 11.8 Å². The third kappa shape index (κ3) is 8.02. The number of hydrogen-bond donors (Lipinski definition) is 2. The molecule has 0 atom stereocenters. The highest BCUT2D eigenvalue weighted by Crippen LogP contribution is 2.18. The lowest BCUT2D eigenvalue weighted by atomic mass is 10.2. The Balaban J connectivity index is 1.54. The summed E-state index contributed by atoms with van der Waals surface area (Å²) >= 11 is 1.82. The van der Waals surface area contributed by atoms with Gasteiger partial charge in [-0.1, -0.05) is 12.1 Å². The van der Waals surface area contributed by atoms with Gasteiger partial charge in [0.1, 0.15) is 0 Å². The van der Waals surface area contributed by atoms with E-state index in [1.165, 1.54) is 12.1 Å². The summed E-state index contributed by atoms with van der Waals surface area (Å²) < 4.78 is 0. The van der Waals surface area contributed by atoms with Crippen molar-refractivity contribution in [3.8, 4) is 0 Å². The minimum atomic E-state index is -0.393. The van der Waals surface area contributed by atoms with E-state index in [9.17, 15) is 14.9 Å². The molecule has 1 aliphatic heterocycles. The molecule has 2 aliphatic rings. The van der Waals surface area contributed by atoms with Crippen LogP contribution in [0.25, 0.3) is 0 Å². The van der Waals surface area contributed by atoms with Crippen LogP contribution in [-0.4, -0.2) is 83.9 Å². The maximum absolute atomic E-state index is 12.1. The molecule has 1 heterocycles. The lowest BCUT2D eigenvalue weighted by molar-refractivity contribution is -0.384. The molecule has 10 heteroatoms. The molecule has 1 amide bonds. The number of nitro groups is 1. The SMILES string of the molecule is CSCCCNC(=NCc1ccc([N+](=O)[O-])cc1)N1CCN(CC(=O)NC2CC2)CC1. The number of carbonyl (C=O) groups is 1. The van der Waals surface area contributed by atoms with E-state index in [4.69, 9.17) is 4.99 Å². The minimum Gasteiger partial charge on any atom is -0.356 e. The molecule has 0 bridgehead atoms. The van der Waals surface area contributed by atoms with Crippen LogP contribution in [0.2, 0.25) is 0 Å². The Morgan fingerprint density at radius 1 is 1.23 bits per heavy atom. The molecule has 2 fully saturated rings. The van der Waals surface area contributed by atoms with Crippen LogP contribution in [0.4, 0.5) is 5.69 Å². The second-order valence-electron chi connectivity index (χ2n) is 7.94. The zero-order chi connectivity index (χ0) is 22.1. The van der Waals surface area contributed by atoms with Gasteiger partial charge in [0.15, 0.2) is 5.96 Å². The Labute approximate surface area is 187 Å². The van der Waals surface area contributed by atoms with E-state index in [2.05, 4.69) is 26.7 Å². The first kappa shape index (κ1) is 23.3. The summed E-state index contributed by atoms with van der Waals surface area (Å²) in [4.78, 5) is 31.7. The molecule has 1 aliphatic carbocycles. The van der Waals surface area contributed by atoms with Crippen molar-refractivity contribution in [1.29, 1.82) is 0 Å². The Kier molecular flexibility index (Phi) is 8.96. The van der Waals surface area contributed by atoms with Gasteiger partial charge in [0.25, 0.3) is 5.69 Å². The molecule has 0 spiro atoms. The molecule has 1 aromatic rings. The minimum absolute atomic E-state index is 0.0880. The number of aliphatic imine (C=N–C) groups is 1. The molecule has 3 rings (SSSR count). The van der Waals surface area contributed by atoms with Crippen LogP contribution in [0.5, 0.6) is 0 Å². The third-order valence-electron chi connectivity index (χ3n) is 5.35. The number of carbonyl (C=O) groups excluding carboxylic acids is 1. The maximum atomic E-state index is 12.1. The van der Waals surface area contributed by atoms with Crippen molar-refractivity contribution in [3.05, 3.63) is 39.9 Å². The van der Waals surface area contributed by atoms with Crippen LogP contribution in [0.1, 0.15) is 24.8 Å². The molecule has 9 nitrogen and oxygen atoms in total.